The van der Waals surface area contributed by atoms with Crippen LogP contribution in [0, 0.1) is 0 Å². The predicted octanol–water partition coefficient (Wildman–Crippen LogP) is 6.65. The Bertz CT molecular complexity index is 1390. The lowest BCUT2D eigenvalue weighted by Gasteiger charge is -2.43. The summed E-state index contributed by atoms with van der Waals surface area (Å²) in [5.41, 5.74) is 3.05. The number of para-hydroxylation sites is 1. The number of benzene rings is 3. The summed E-state index contributed by atoms with van der Waals surface area (Å²) in [6.45, 7) is 5.77. The van der Waals surface area contributed by atoms with Crippen LogP contribution in [-0.2, 0) is 9.59 Å². The van der Waals surface area contributed by atoms with Gasteiger partial charge in [0.1, 0.15) is 5.75 Å². The molecule has 3 aromatic rings. The highest BCUT2D eigenvalue weighted by molar-refractivity contribution is 6.30. The fourth-order valence-electron chi connectivity index (χ4n) is 5.89. The Morgan fingerprint density at radius 1 is 0.951 bits per heavy atom. The van der Waals surface area contributed by atoms with Crippen molar-refractivity contribution in [2.45, 2.75) is 58.0 Å². The molecule has 41 heavy (non-hydrogen) atoms. The number of halogens is 1. The molecule has 1 saturated heterocycles. The van der Waals surface area contributed by atoms with Gasteiger partial charge in [0.2, 0.25) is 11.8 Å². The summed E-state index contributed by atoms with van der Waals surface area (Å²) in [6.07, 6.45) is 3.92. The van der Waals surface area contributed by atoms with Gasteiger partial charge in [0.05, 0.1) is 12.6 Å². The summed E-state index contributed by atoms with van der Waals surface area (Å²) in [5, 5.41) is 0.607. The topological polar surface area (TPSA) is 70.2 Å². The van der Waals surface area contributed by atoms with Crippen LogP contribution in [-0.4, -0.2) is 48.4 Å². The molecule has 0 aromatic heterocycles. The molecule has 8 heteroatoms. The maximum absolute atomic E-state index is 13.8. The number of nitrogens with zero attached hydrogens (tertiary/aromatic N) is 3. The SMILES string of the molecule is CC(=O)N(c1ccc(Cl)cc1)C1CC(C)N(C(=O)c2ccc(OCCCC(=O)N3CCCC3)cc2)c2ccccc21. The van der Waals surface area contributed by atoms with E-state index < -0.39 is 0 Å². The van der Waals surface area contributed by atoms with Crippen molar-refractivity contribution in [3.8, 4) is 5.75 Å². The molecule has 0 radical (unpaired) electrons. The van der Waals surface area contributed by atoms with E-state index >= 15 is 0 Å². The zero-order valence-corrected chi connectivity index (χ0v) is 24.3. The van der Waals surface area contributed by atoms with Gasteiger partial charge in [0.15, 0.2) is 0 Å². The molecule has 0 saturated carbocycles. The van der Waals surface area contributed by atoms with Crippen molar-refractivity contribution in [3.63, 3.8) is 0 Å². The smallest absolute Gasteiger partial charge is 0.258 e. The third kappa shape index (κ3) is 6.41. The zero-order valence-electron chi connectivity index (χ0n) is 23.6. The number of hydrogen-bond acceptors (Lipinski definition) is 4. The van der Waals surface area contributed by atoms with Gasteiger partial charge in [-0.2, -0.15) is 0 Å². The van der Waals surface area contributed by atoms with E-state index in [1.165, 1.54) is 0 Å². The van der Waals surface area contributed by atoms with E-state index in [4.69, 9.17) is 16.3 Å². The molecule has 3 aromatic carbocycles. The maximum atomic E-state index is 13.8. The number of rotatable bonds is 8. The lowest BCUT2D eigenvalue weighted by atomic mass is 9.89. The lowest BCUT2D eigenvalue weighted by molar-refractivity contribution is -0.130. The minimum absolute atomic E-state index is 0.0740. The van der Waals surface area contributed by atoms with Crippen LogP contribution in [0.25, 0.3) is 0 Å². The van der Waals surface area contributed by atoms with E-state index in [1.54, 1.807) is 48.2 Å². The zero-order chi connectivity index (χ0) is 28.9. The fourth-order valence-corrected chi connectivity index (χ4v) is 6.02. The third-order valence-electron chi connectivity index (χ3n) is 7.90. The lowest BCUT2D eigenvalue weighted by Crippen LogP contribution is -2.47. The normalized spacial score (nSPS) is 18.1. The van der Waals surface area contributed by atoms with Gasteiger partial charge in [-0.05, 0) is 92.8 Å². The molecule has 2 aliphatic rings. The van der Waals surface area contributed by atoms with Gasteiger partial charge in [-0.15, -0.1) is 0 Å². The molecule has 2 atom stereocenters. The van der Waals surface area contributed by atoms with E-state index in [-0.39, 0.29) is 29.8 Å². The summed E-state index contributed by atoms with van der Waals surface area (Å²) in [5.74, 6) is 0.689. The van der Waals surface area contributed by atoms with Crippen molar-refractivity contribution in [2.75, 3.05) is 29.5 Å². The van der Waals surface area contributed by atoms with Gasteiger partial charge in [-0.3, -0.25) is 14.4 Å². The monoisotopic (exact) mass is 573 g/mol. The molecule has 7 nitrogen and oxygen atoms in total. The number of fused-ring (bicyclic) bond motifs is 1. The van der Waals surface area contributed by atoms with Gasteiger partial charge >= 0.3 is 0 Å². The Balaban J connectivity index is 1.28. The number of amides is 3. The van der Waals surface area contributed by atoms with Crippen LogP contribution in [0.5, 0.6) is 5.75 Å². The molecule has 0 N–H and O–H groups in total. The van der Waals surface area contributed by atoms with Gasteiger partial charge in [-0.25, -0.2) is 0 Å². The molecular formula is C33H36ClN3O4. The second kappa shape index (κ2) is 12.8. The summed E-state index contributed by atoms with van der Waals surface area (Å²) < 4.78 is 5.85. The Kier molecular flexibility index (Phi) is 8.93. The molecule has 0 bridgehead atoms. The van der Waals surface area contributed by atoms with Crippen molar-refractivity contribution < 1.29 is 19.1 Å². The van der Waals surface area contributed by atoms with Crippen LogP contribution < -0.4 is 14.5 Å². The molecular weight excluding hydrogens is 538 g/mol. The highest BCUT2D eigenvalue weighted by atomic mass is 35.5. The third-order valence-corrected chi connectivity index (χ3v) is 8.15. The van der Waals surface area contributed by atoms with Crippen molar-refractivity contribution >= 4 is 40.7 Å². The Labute approximate surface area is 246 Å². The number of carbonyl (C=O) groups excluding carboxylic acids is 3. The summed E-state index contributed by atoms with van der Waals surface area (Å²) in [7, 11) is 0. The standard InChI is InChI=1S/C33H36ClN3O4/c1-23-22-31(37(24(2)38)27-15-13-26(34)14-16-27)29-8-3-4-9-30(29)36(23)33(40)25-11-17-28(18-12-25)41-21-7-10-32(39)35-19-5-6-20-35/h3-4,8-9,11-18,23,31H,5-7,10,19-22H2,1-2H3. The Morgan fingerprint density at radius 3 is 2.32 bits per heavy atom. The first-order valence-corrected chi connectivity index (χ1v) is 14.7. The summed E-state index contributed by atoms with van der Waals surface area (Å²) >= 11 is 6.10. The van der Waals surface area contributed by atoms with Crippen LogP contribution in [0.15, 0.2) is 72.8 Å². The number of likely N-dealkylation sites (tertiary alicyclic amines) is 1. The number of carbonyl (C=O) groups is 3. The molecule has 0 spiro atoms. The van der Waals surface area contributed by atoms with Crippen LogP contribution >= 0.6 is 11.6 Å². The van der Waals surface area contributed by atoms with Gasteiger partial charge in [0, 0.05) is 54.4 Å². The number of anilines is 2. The van der Waals surface area contributed by atoms with E-state index in [2.05, 4.69) is 0 Å². The summed E-state index contributed by atoms with van der Waals surface area (Å²) in [4.78, 5) is 44.5. The molecule has 5 rings (SSSR count). The van der Waals surface area contributed by atoms with E-state index in [0.29, 0.717) is 42.2 Å². The first-order chi connectivity index (χ1) is 19.8. The molecule has 2 heterocycles. The van der Waals surface area contributed by atoms with Crippen molar-refractivity contribution in [3.05, 3.63) is 88.9 Å². The average Bonchev–Trinajstić information content (AvgIpc) is 3.52. The molecule has 2 unspecified atom stereocenters. The quantitative estimate of drug-likeness (QED) is 0.283. The first-order valence-electron chi connectivity index (χ1n) is 14.3. The number of ether oxygens (including phenoxy) is 1. The molecule has 3 amide bonds. The largest absolute Gasteiger partial charge is 0.494 e. The fraction of sp³-hybridized carbons (Fsp3) is 0.364. The Hall–Kier alpha value is -3.84. The predicted molar refractivity (Wildman–Crippen MR) is 162 cm³/mol. The Morgan fingerprint density at radius 2 is 1.63 bits per heavy atom. The van der Waals surface area contributed by atoms with E-state index in [0.717, 1.165) is 42.9 Å². The van der Waals surface area contributed by atoms with Crippen LogP contribution in [0.4, 0.5) is 11.4 Å². The van der Waals surface area contributed by atoms with E-state index in [9.17, 15) is 14.4 Å². The second-order valence-corrected chi connectivity index (χ2v) is 11.2. The van der Waals surface area contributed by atoms with E-state index in [1.807, 2.05) is 53.1 Å². The van der Waals surface area contributed by atoms with Crippen molar-refractivity contribution in [1.29, 1.82) is 0 Å². The van der Waals surface area contributed by atoms with Crippen LogP contribution in [0.1, 0.15) is 67.9 Å². The van der Waals surface area contributed by atoms with Gasteiger partial charge in [-0.1, -0.05) is 29.8 Å². The van der Waals surface area contributed by atoms with Crippen molar-refractivity contribution in [1.82, 2.24) is 4.90 Å². The highest BCUT2D eigenvalue weighted by Crippen LogP contribution is 2.43. The average molecular weight is 574 g/mol. The van der Waals surface area contributed by atoms with Crippen molar-refractivity contribution in [2.24, 2.45) is 0 Å². The minimum Gasteiger partial charge on any atom is -0.494 e. The maximum Gasteiger partial charge on any atom is 0.258 e. The molecule has 2 aliphatic heterocycles. The van der Waals surface area contributed by atoms with Gasteiger partial charge < -0.3 is 19.4 Å². The van der Waals surface area contributed by atoms with Gasteiger partial charge in [0.25, 0.3) is 5.91 Å². The minimum atomic E-state index is -0.225. The highest BCUT2D eigenvalue weighted by Gasteiger charge is 2.38. The molecule has 0 aliphatic carbocycles. The molecule has 1 fully saturated rings. The first kappa shape index (κ1) is 28.7. The molecule has 214 valence electrons. The summed E-state index contributed by atoms with van der Waals surface area (Å²) in [6, 6.07) is 21.8. The number of hydrogen-bond donors (Lipinski definition) is 0. The second-order valence-electron chi connectivity index (χ2n) is 10.8. The van der Waals surface area contributed by atoms with Crippen LogP contribution in [0.2, 0.25) is 5.02 Å². The van der Waals surface area contributed by atoms with Crippen LogP contribution in [0.3, 0.4) is 0 Å².